The lowest BCUT2D eigenvalue weighted by atomic mass is 10.1. The Morgan fingerprint density at radius 2 is 1.55 bits per heavy atom. The van der Waals surface area contributed by atoms with Gasteiger partial charge in [-0.15, -0.1) is 0 Å². The number of rotatable bonds is 10. The quantitative estimate of drug-likeness (QED) is 0.269. The summed E-state index contributed by atoms with van der Waals surface area (Å²) in [5, 5.41) is 14.5. The van der Waals surface area contributed by atoms with E-state index in [4.69, 9.17) is 11.6 Å². The van der Waals surface area contributed by atoms with Crippen molar-refractivity contribution in [1.82, 2.24) is 10.2 Å². The molecule has 3 aromatic carbocycles. The van der Waals surface area contributed by atoms with Crippen LogP contribution >= 0.6 is 11.6 Å². The van der Waals surface area contributed by atoms with Crippen LogP contribution in [0.5, 0.6) is 0 Å². The normalized spacial score (nSPS) is 12.3. The number of carbonyl (C=O) groups is 2. The van der Waals surface area contributed by atoms with Crippen LogP contribution in [0.4, 0.5) is 11.4 Å². The first-order valence-electron chi connectivity index (χ1n) is 12.4. The van der Waals surface area contributed by atoms with Gasteiger partial charge in [-0.25, -0.2) is 8.42 Å². The van der Waals surface area contributed by atoms with E-state index in [-0.39, 0.29) is 22.8 Å². The fourth-order valence-electron chi connectivity index (χ4n) is 3.83. The first-order chi connectivity index (χ1) is 18.7. The van der Waals surface area contributed by atoms with Crippen molar-refractivity contribution in [2.24, 2.45) is 0 Å². The van der Waals surface area contributed by atoms with Crippen LogP contribution in [0.3, 0.4) is 0 Å². The average Bonchev–Trinajstić information content (AvgIpc) is 2.90. The number of benzene rings is 3. The lowest BCUT2D eigenvalue weighted by molar-refractivity contribution is -0.384. The van der Waals surface area contributed by atoms with Crippen LogP contribution in [0.2, 0.25) is 5.02 Å². The highest BCUT2D eigenvalue weighted by Crippen LogP contribution is 2.26. The molecular formula is C28H31ClN4O6S. The topological polar surface area (TPSA) is 130 Å². The molecule has 0 aliphatic heterocycles. The van der Waals surface area contributed by atoms with Crippen molar-refractivity contribution < 1.29 is 22.9 Å². The number of anilines is 1. The average molecular weight is 587 g/mol. The summed E-state index contributed by atoms with van der Waals surface area (Å²) < 4.78 is 28.3. The molecule has 0 aliphatic carbocycles. The third-order valence-electron chi connectivity index (χ3n) is 5.89. The highest BCUT2D eigenvalue weighted by atomic mass is 35.5. The van der Waals surface area contributed by atoms with E-state index >= 15 is 0 Å². The van der Waals surface area contributed by atoms with E-state index in [2.05, 4.69) is 5.32 Å². The molecule has 1 atom stereocenters. The van der Waals surface area contributed by atoms with Gasteiger partial charge in [0.25, 0.3) is 15.7 Å². The van der Waals surface area contributed by atoms with E-state index in [1.54, 1.807) is 49.4 Å². The molecule has 0 unspecified atom stereocenters. The van der Waals surface area contributed by atoms with Gasteiger partial charge in [0.1, 0.15) is 12.6 Å². The molecule has 3 rings (SSSR count). The Bertz CT molecular complexity index is 1460. The molecule has 40 heavy (non-hydrogen) atoms. The highest BCUT2D eigenvalue weighted by molar-refractivity contribution is 7.92. The van der Waals surface area contributed by atoms with E-state index in [0.717, 1.165) is 16.4 Å². The predicted molar refractivity (Wildman–Crippen MR) is 153 cm³/mol. The van der Waals surface area contributed by atoms with E-state index in [1.165, 1.54) is 29.2 Å². The molecule has 12 heteroatoms. The number of nitro benzene ring substituents is 1. The van der Waals surface area contributed by atoms with Crippen molar-refractivity contribution in [3.05, 3.63) is 99.6 Å². The summed E-state index contributed by atoms with van der Waals surface area (Å²) in [5.74, 6) is -1.06. The Hall–Kier alpha value is -3.96. The third-order valence-corrected chi connectivity index (χ3v) is 7.93. The minimum Gasteiger partial charge on any atom is -0.350 e. The van der Waals surface area contributed by atoms with Crippen LogP contribution < -0.4 is 9.62 Å². The monoisotopic (exact) mass is 586 g/mol. The van der Waals surface area contributed by atoms with Crippen LogP contribution in [-0.4, -0.2) is 48.2 Å². The number of hydrogen-bond donors (Lipinski definition) is 1. The van der Waals surface area contributed by atoms with Crippen molar-refractivity contribution in [2.45, 2.75) is 50.7 Å². The molecule has 0 radical (unpaired) electrons. The van der Waals surface area contributed by atoms with Gasteiger partial charge in [-0.3, -0.25) is 24.0 Å². The number of non-ortho nitro benzene ring substituents is 1. The van der Waals surface area contributed by atoms with Crippen LogP contribution in [0.25, 0.3) is 0 Å². The Labute approximate surface area is 238 Å². The van der Waals surface area contributed by atoms with Crippen LogP contribution in [-0.2, 0) is 26.2 Å². The minimum absolute atomic E-state index is 0.00815. The van der Waals surface area contributed by atoms with E-state index < -0.39 is 44.9 Å². The number of nitrogens with one attached hydrogen (secondary N) is 1. The van der Waals surface area contributed by atoms with Crippen molar-refractivity contribution in [2.75, 3.05) is 10.8 Å². The first-order valence-corrected chi connectivity index (χ1v) is 14.2. The van der Waals surface area contributed by atoms with Crippen LogP contribution in [0.15, 0.2) is 83.8 Å². The number of carbonyl (C=O) groups excluding carboxylic acids is 2. The molecule has 0 aliphatic rings. The van der Waals surface area contributed by atoms with Gasteiger partial charge >= 0.3 is 0 Å². The second-order valence-electron chi connectivity index (χ2n) is 10.2. The fourth-order valence-corrected chi connectivity index (χ4v) is 5.39. The Morgan fingerprint density at radius 3 is 2.08 bits per heavy atom. The zero-order valence-electron chi connectivity index (χ0n) is 22.6. The molecule has 10 nitrogen and oxygen atoms in total. The Kier molecular flexibility index (Phi) is 9.54. The standard InChI is InChI=1S/C28H31ClN4O6S/c1-20(27(35)30-28(2,3)4)31(18-21-10-12-22(29)13-11-21)26(34)19-32(23-14-16-24(17-15-23)33(36)37)40(38,39)25-8-6-5-7-9-25/h5-17,20H,18-19H2,1-4H3,(H,30,35)/t20-/m1/s1. The van der Waals surface area contributed by atoms with Gasteiger partial charge in [-0.1, -0.05) is 41.9 Å². The SMILES string of the molecule is C[C@H](C(=O)NC(C)(C)C)N(Cc1ccc(Cl)cc1)C(=O)CN(c1ccc([N+](=O)[O-])cc1)S(=O)(=O)c1ccccc1. The molecule has 212 valence electrons. The van der Waals surface area contributed by atoms with Gasteiger partial charge in [0, 0.05) is 29.2 Å². The molecule has 0 heterocycles. The number of hydrogen-bond acceptors (Lipinski definition) is 6. The summed E-state index contributed by atoms with van der Waals surface area (Å²) in [7, 11) is -4.27. The number of sulfonamides is 1. The number of nitro groups is 1. The molecular weight excluding hydrogens is 556 g/mol. The number of amides is 2. The second kappa shape index (κ2) is 12.5. The maximum atomic E-state index is 13.9. The molecule has 1 N–H and O–H groups in total. The van der Waals surface area contributed by atoms with Crippen molar-refractivity contribution in [3.8, 4) is 0 Å². The maximum absolute atomic E-state index is 13.9. The summed E-state index contributed by atoms with van der Waals surface area (Å²) in [5.41, 5.74) is -0.0622. The van der Waals surface area contributed by atoms with Gasteiger partial charge in [0.2, 0.25) is 11.8 Å². The van der Waals surface area contributed by atoms with Crippen molar-refractivity contribution in [3.63, 3.8) is 0 Å². The first kappa shape index (κ1) is 30.6. The van der Waals surface area contributed by atoms with E-state index in [1.807, 2.05) is 20.8 Å². The van der Waals surface area contributed by atoms with Crippen molar-refractivity contribution >= 4 is 44.8 Å². The van der Waals surface area contributed by atoms with Gasteiger partial charge in [0.05, 0.1) is 15.5 Å². The molecule has 0 aromatic heterocycles. The summed E-state index contributed by atoms with van der Waals surface area (Å²) >= 11 is 6.01. The smallest absolute Gasteiger partial charge is 0.269 e. The fraction of sp³-hybridized carbons (Fsp3) is 0.286. The zero-order valence-corrected chi connectivity index (χ0v) is 24.1. The van der Waals surface area contributed by atoms with Crippen LogP contribution in [0.1, 0.15) is 33.3 Å². The van der Waals surface area contributed by atoms with Gasteiger partial charge < -0.3 is 10.2 Å². The minimum atomic E-state index is -4.27. The zero-order chi connectivity index (χ0) is 29.7. The largest absolute Gasteiger partial charge is 0.350 e. The second-order valence-corrected chi connectivity index (χ2v) is 12.5. The van der Waals surface area contributed by atoms with Crippen molar-refractivity contribution in [1.29, 1.82) is 0 Å². The third kappa shape index (κ3) is 7.80. The molecule has 0 saturated carbocycles. The lowest BCUT2D eigenvalue weighted by Crippen LogP contribution is -2.54. The van der Waals surface area contributed by atoms with Crippen LogP contribution in [0, 0.1) is 10.1 Å². The lowest BCUT2D eigenvalue weighted by Gasteiger charge is -2.33. The highest BCUT2D eigenvalue weighted by Gasteiger charge is 2.33. The number of nitrogens with zero attached hydrogens (tertiary/aromatic N) is 3. The molecule has 0 saturated heterocycles. The summed E-state index contributed by atoms with van der Waals surface area (Å²) in [6, 6.07) is 18.2. The number of halogens is 1. The molecule has 0 spiro atoms. The summed E-state index contributed by atoms with van der Waals surface area (Å²) in [4.78, 5) is 38.8. The van der Waals surface area contributed by atoms with E-state index in [0.29, 0.717) is 10.6 Å². The molecule has 0 fully saturated rings. The maximum Gasteiger partial charge on any atom is 0.269 e. The Morgan fingerprint density at radius 1 is 0.975 bits per heavy atom. The van der Waals surface area contributed by atoms with Gasteiger partial charge in [-0.2, -0.15) is 0 Å². The summed E-state index contributed by atoms with van der Waals surface area (Å²) in [6.07, 6.45) is 0. The van der Waals surface area contributed by atoms with Gasteiger partial charge in [0.15, 0.2) is 0 Å². The molecule has 0 bridgehead atoms. The molecule has 3 aromatic rings. The Balaban J connectivity index is 2.04. The molecule has 2 amide bonds. The predicted octanol–water partition coefficient (Wildman–Crippen LogP) is 4.78. The summed E-state index contributed by atoms with van der Waals surface area (Å²) in [6.45, 7) is 6.35. The van der Waals surface area contributed by atoms with E-state index in [9.17, 15) is 28.1 Å². The van der Waals surface area contributed by atoms with Gasteiger partial charge in [-0.05, 0) is 69.7 Å².